The first-order valence-electron chi connectivity index (χ1n) is 9.16. The lowest BCUT2D eigenvalue weighted by molar-refractivity contribution is 0.0938. The number of alkyl halides is 2. The molecule has 1 aliphatic heterocycles. The second-order valence-electron chi connectivity index (χ2n) is 6.78. The lowest BCUT2D eigenvalue weighted by atomic mass is 10.0. The molecule has 27 heavy (non-hydrogen) atoms. The Morgan fingerprint density at radius 3 is 2.30 bits per heavy atom. The molecule has 2 aromatic carbocycles. The van der Waals surface area contributed by atoms with Crippen LogP contribution >= 0.6 is 11.8 Å². The monoisotopic (exact) mass is 390 g/mol. The molecule has 1 fully saturated rings. The minimum absolute atomic E-state index is 0.144. The molecule has 0 radical (unpaired) electrons. The van der Waals surface area contributed by atoms with Crippen molar-refractivity contribution in [1.82, 2.24) is 10.2 Å². The van der Waals surface area contributed by atoms with E-state index in [1.54, 1.807) is 24.3 Å². The van der Waals surface area contributed by atoms with Crippen molar-refractivity contribution in [2.24, 2.45) is 0 Å². The van der Waals surface area contributed by atoms with Gasteiger partial charge in [-0.05, 0) is 62.7 Å². The topological polar surface area (TPSA) is 32.3 Å². The van der Waals surface area contributed by atoms with Crippen molar-refractivity contribution in [3.63, 3.8) is 0 Å². The summed E-state index contributed by atoms with van der Waals surface area (Å²) >= 11 is 0.481. The zero-order valence-corrected chi connectivity index (χ0v) is 16.1. The van der Waals surface area contributed by atoms with Gasteiger partial charge < -0.3 is 5.32 Å². The van der Waals surface area contributed by atoms with Gasteiger partial charge >= 0.3 is 0 Å². The number of carbonyl (C=O) groups excluding carboxylic acids is 1. The lowest BCUT2D eigenvalue weighted by Gasteiger charge is -2.28. The van der Waals surface area contributed by atoms with E-state index in [1.807, 2.05) is 0 Å². The number of aryl methyl sites for hydroxylation is 1. The maximum absolute atomic E-state index is 12.5. The van der Waals surface area contributed by atoms with E-state index in [4.69, 9.17) is 0 Å². The quantitative estimate of drug-likeness (QED) is 0.684. The van der Waals surface area contributed by atoms with Gasteiger partial charge in [0.1, 0.15) is 0 Å². The highest BCUT2D eigenvalue weighted by Crippen LogP contribution is 2.26. The van der Waals surface area contributed by atoms with Crippen LogP contribution < -0.4 is 5.32 Å². The Labute approximate surface area is 163 Å². The third kappa shape index (κ3) is 5.53. The smallest absolute Gasteiger partial charge is 0.288 e. The van der Waals surface area contributed by atoms with E-state index in [2.05, 4.69) is 41.4 Å². The first-order chi connectivity index (χ1) is 13.0. The molecule has 2 aromatic rings. The first-order valence-corrected chi connectivity index (χ1v) is 10.0. The summed E-state index contributed by atoms with van der Waals surface area (Å²) in [5.41, 5.74) is 2.90. The lowest BCUT2D eigenvalue weighted by Crippen LogP contribution is -2.36. The van der Waals surface area contributed by atoms with Crippen molar-refractivity contribution in [3.05, 3.63) is 65.2 Å². The molecule has 1 N–H and O–H groups in total. The maximum Gasteiger partial charge on any atom is 0.288 e. The predicted octanol–water partition coefficient (Wildman–Crippen LogP) is 4.88. The van der Waals surface area contributed by atoms with Gasteiger partial charge in [0.15, 0.2) is 0 Å². The Balaban J connectivity index is 1.65. The van der Waals surface area contributed by atoms with Crippen molar-refractivity contribution in [3.8, 4) is 0 Å². The SMILES string of the molecule is Cc1ccc(C(CNC(=O)c2ccc(SC(F)F)cc2)N2CCCC2)cc1. The maximum atomic E-state index is 12.5. The molecule has 1 saturated heterocycles. The zero-order valence-electron chi connectivity index (χ0n) is 15.3. The van der Waals surface area contributed by atoms with E-state index in [0.29, 0.717) is 28.8 Å². The Kier molecular flexibility index (Phi) is 6.85. The number of thioether (sulfide) groups is 1. The molecule has 6 heteroatoms. The van der Waals surface area contributed by atoms with Crippen LogP contribution in [0.1, 0.15) is 40.4 Å². The second-order valence-corrected chi connectivity index (χ2v) is 7.85. The van der Waals surface area contributed by atoms with Gasteiger partial charge in [0.25, 0.3) is 11.7 Å². The Hall–Kier alpha value is -1.92. The molecule has 0 saturated carbocycles. The largest absolute Gasteiger partial charge is 0.350 e. The number of hydrogen-bond donors (Lipinski definition) is 1. The van der Waals surface area contributed by atoms with Gasteiger partial charge in [-0.3, -0.25) is 9.69 Å². The molecule has 3 nitrogen and oxygen atoms in total. The summed E-state index contributed by atoms with van der Waals surface area (Å²) in [7, 11) is 0. The van der Waals surface area contributed by atoms with Crippen LogP contribution in [0.15, 0.2) is 53.4 Å². The molecule has 1 unspecified atom stereocenters. The van der Waals surface area contributed by atoms with Crippen LogP contribution in [0.3, 0.4) is 0 Å². The molecule has 1 atom stereocenters. The van der Waals surface area contributed by atoms with E-state index >= 15 is 0 Å². The molecule has 1 heterocycles. The van der Waals surface area contributed by atoms with Crippen molar-refractivity contribution in [2.45, 2.75) is 36.5 Å². The van der Waals surface area contributed by atoms with Gasteiger partial charge in [0.2, 0.25) is 0 Å². The van der Waals surface area contributed by atoms with Gasteiger partial charge in [0, 0.05) is 17.0 Å². The van der Waals surface area contributed by atoms with E-state index in [0.717, 1.165) is 13.1 Å². The number of halogens is 2. The molecule has 0 aromatic heterocycles. The molecular formula is C21H24F2N2OS. The normalized spacial score (nSPS) is 15.9. The molecule has 3 rings (SSSR count). The Bertz CT molecular complexity index is 744. The number of nitrogens with zero attached hydrogens (tertiary/aromatic N) is 1. The number of hydrogen-bond acceptors (Lipinski definition) is 3. The molecule has 0 aliphatic carbocycles. The third-order valence-electron chi connectivity index (χ3n) is 4.84. The van der Waals surface area contributed by atoms with E-state index in [9.17, 15) is 13.6 Å². The Morgan fingerprint density at radius 2 is 1.70 bits per heavy atom. The fourth-order valence-corrected chi connectivity index (χ4v) is 3.88. The van der Waals surface area contributed by atoms with Crippen molar-refractivity contribution in [1.29, 1.82) is 0 Å². The number of nitrogens with one attached hydrogen (secondary N) is 1. The number of carbonyl (C=O) groups is 1. The molecule has 0 bridgehead atoms. The summed E-state index contributed by atoms with van der Waals surface area (Å²) in [6, 6.07) is 14.9. The standard InChI is InChI=1S/C21H24F2N2OS/c1-15-4-6-16(7-5-15)19(25-12-2-3-13-25)14-24-20(26)17-8-10-18(11-9-17)27-21(22)23/h4-11,19,21H,2-3,12-14H2,1H3,(H,24,26). The van der Waals surface area contributed by atoms with Gasteiger partial charge in [-0.1, -0.05) is 41.6 Å². The fourth-order valence-electron chi connectivity index (χ4n) is 3.38. The van der Waals surface area contributed by atoms with Crippen LogP contribution in [0.2, 0.25) is 0 Å². The number of rotatable bonds is 7. The van der Waals surface area contributed by atoms with Crippen LogP contribution in [0.5, 0.6) is 0 Å². The van der Waals surface area contributed by atoms with Crippen LogP contribution in [0.25, 0.3) is 0 Å². The Morgan fingerprint density at radius 1 is 1.07 bits per heavy atom. The van der Waals surface area contributed by atoms with Crippen LogP contribution in [0.4, 0.5) is 8.78 Å². The molecule has 0 spiro atoms. The summed E-state index contributed by atoms with van der Waals surface area (Å²) < 4.78 is 24.8. The average molecular weight is 390 g/mol. The number of benzene rings is 2. The predicted molar refractivity (Wildman–Crippen MR) is 105 cm³/mol. The zero-order chi connectivity index (χ0) is 19.2. The fraction of sp³-hybridized carbons (Fsp3) is 0.381. The summed E-state index contributed by atoms with van der Waals surface area (Å²) in [5, 5.41) is 3.01. The van der Waals surface area contributed by atoms with Crippen LogP contribution in [0, 0.1) is 6.92 Å². The van der Waals surface area contributed by atoms with Gasteiger partial charge in [-0.25, -0.2) is 0 Å². The van der Waals surface area contributed by atoms with E-state index < -0.39 is 5.76 Å². The van der Waals surface area contributed by atoms with Gasteiger partial charge in [-0.2, -0.15) is 8.78 Å². The molecule has 144 valence electrons. The second kappa shape index (κ2) is 9.33. The first kappa shape index (κ1) is 19.8. The highest BCUT2D eigenvalue weighted by molar-refractivity contribution is 7.99. The summed E-state index contributed by atoms with van der Waals surface area (Å²) in [6.07, 6.45) is 2.36. The van der Waals surface area contributed by atoms with Crippen LogP contribution in [-0.2, 0) is 0 Å². The minimum Gasteiger partial charge on any atom is -0.350 e. The van der Waals surface area contributed by atoms with Gasteiger partial charge in [-0.15, -0.1) is 0 Å². The molecule has 1 aliphatic rings. The summed E-state index contributed by atoms with van der Waals surface area (Å²) in [5.74, 6) is -2.64. The van der Waals surface area contributed by atoms with Gasteiger partial charge in [0.05, 0.1) is 6.04 Å². The van der Waals surface area contributed by atoms with Crippen LogP contribution in [-0.4, -0.2) is 36.2 Å². The highest BCUT2D eigenvalue weighted by Gasteiger charge is 2.24. The highest BCUT2D eigenvalue weighted by atomic mass is 32.2. The van der Waals surface area contributed by atoms with Crippen molar-refractivity contribution >= 4 is 17.7 Å². The summed E-state index contributed by atoms with van der Waals surface area (Å²) in [4.78, 5) is 15.4. The van der Waals surface area contributed by atoms with Crippen molar-refractivity contribution < 1.29 is 13.6 Å². The molecular weight excluding hydrogens is 366 g/mol. The van der Waals surface area contributed by atoms with E-state index in [-0.39, 0.29) is 11.9 Å². The average Bonchev–Trinajstić information content (AvgIpc) is 3.18. The van der Waals surface area contributed by atoms with E-state index in [1.165, 1.54) is 24.0 Å². The number of likely N-dealkylation sites (tertiary alicyclic amines) is 1. The number of amides is 1. The molecule has 1 amide bonds. The summed E-state index contributed by atoms with van der Waals surface area (Å²) in [6.45, 7) is 4.66. The third-order valence-corrected chi connectivity index (χ3v) is 5.56. The minimum atomic E-state index is -2.46. The van der Waals surface area contributed by atoms with Crippen molar-refractivity contribution in [2.75, 3.05) is 19.6 Å².